The summed E-state index contributed by atoms with van der Waals surface area (Å²) in [6.07, 6.45) is 0. The number of aromatic hydroxyl groups is 1. The molecule has 0 fully saturated rings. The Balaban J connectivity index is 0.000000199. The molecule has 0 heterocycles. The summed E-state index contributed by atoms with van der Waals surface area (Å²) in [6.45, 7) is 0. The van der Waals surface area contributed by atoms with Crippen molar-refractivity contribution in [2.75, 3.05) is 0 Å². The van der Waals surface area contributed by atoms with Gasteiger partial charge in [-0.1, -0.05) is 18.2 Å². The Labute approximate surface area is 99.1 Å². The van der Waals surface area contributed by atoms with Gasteiger partial charge in [-0.3, -0.25) is 0 Å². The van der Waals surface area contributed by atoms with E-state index in [-0.39, 0.29) is 6.07 Å². The number of phenols is 1. The molecule has 2 aromatic carbocycles. The van der Waals surface area contributed by atoms with Crippen LogP contribution in [0, 0.1) is 29.1 Å². The summed E-state index contributed by atoms with van der Waals surface area (Å²) in [4.78, 5) is 0. The quantitative estimate of drug-likeness (QED) is 0.435. The highest BCUT2D eigenvalue weighted by atomic mass is 19.2. The van der Waals surface area contributed by atoms with Crippen LogP contribution in [-0.4, -0.2) is 5.11 Å². The molecule has 18 heavy (non-hydrogen) atoms. The number of phenolic OH excluding ortho intramolecular Hbond substituents is 1. The summed E-state index contributed by atoms with van der Waals surface area (Å²) in [5, 5.41) is 8.63. The van der Waals surface area contributed by atoms with Crippen molar-refractivity contribution in [3.8, 4) is 5.75 Å². The van der Waals surface area contributed by atoms with Crippen molar-refractivity contribution in [1.82, 2.24) is 0 Å². The molecule has 0 aliphatic rings. The molecular formula is C12H7F5O. The molecule has 0 radical (unpaired) electrons. The lowest BCUT2D eigenvalue weighted by Gasteiger charge is -1.96. The molecule has 2 aromatic rings. The van der Waals surface area contributed by atoms with Crippen LogP contribution in [0.3, 0.4) is 0 Å². The fourth-order valence-electron chi connectivity index (χ4n) is 0.972. The number of para-hydroxylation sites is 1. The lowest BCUT2D eigenvalue weighted by atomic mass is 10.3. The predicted molar refractivity (Wildman–Crippen MR) is 54.3 cm³/mol. The van der Waals surface area contributed by atoms with Gasteiger partial charge in [0.15, 0.2) is 23.3 Å². The standard InChI is InChI=1S/C6HF5.C6H6O/c7-2-1-3(8)5(10)6(11)4(2)9;7-6-4-2-1-3-5-6/h1H;1-5,7H. The number of benzene rings is 2. The second-order valence-corrected chi connectivity index (χ2v) is 3.12. The molecule has 0 aliphatic carbocycles. The number of halogens is 5. The second-order valence-electron chi connectivity index (χ2n) is 3.12. The van der Waals surface area contributed by atoms with Gasteiger partial charge in [0.05, 0.1) is 0 Å². The molecule has 0 aliphatic heterocycles. The predicted octanol–water partition coefficient (Wildman–Crippen LogP) is 3.77. The minimum absolute atomic E-state index is 0.0618. The van der Waals surface area contributed by atoms with Gasteiger partial charge in [-0.2, -0.15) is 0 Å². The smallest absolute Gasteiger partial charge is 0.200 e. The zero-order valence-electron chi connectivity index (χ0n) is 8.80. The van der Waals surface area contributed by atoms with Crippen molar-refractivity contribution >= 4 is 0 Å². The minimum atomic E-state index is -2.14. The lowest BCUT2D eigenvalue weighted by molar-refractivity contribution is 0.378. The average molecular weight is 262 g/mol. The monoisotopic (exact) mass is 262 g/mol. The van der Waals surface area contributed by atoms with Gasteiger partial charge in [0, 0.05) is 6.07 Å². The van der Waals surface area contributed by atoms with Gasteiger partial charge in [0.25, 0.3) is 0 Å². The molecule has 0 unspecified atom stereocenters. The first kappa shape index (κ1) is 14.0. The fraction of sp³-hybridized carbons (Fsp3) is 0. The molecule has 0 bridgehead atoms. The van der Waals surface area contributed by atoms with Crippen LogP contribution >= 0.6 is 0 Å². The van der Waals surface area contributed by atoms with Crippen LogP contribution in [0.5, 0.6) is 5.75 Å². The Bertz CT molecular complexity index is 501. The summed E-state index contributed by atoms with van der Waals surface area (Å²) < 4.78 is 60.0. The van der Waals surface area contributed by atoms with Crippen LogP contribution in [0.15, 0.2) is 36.4 Å². The van der Waals surface area contributed by atoms with Crippen LogP contribution < -0.4 is 0 Å². The van der Waals surface area contributed by atoms with Gasteiger partial charge >= 0.3 is 0 Å². The Hall–Kier alpha value is -2.11. The topological polar surface area (TPSA) is 20.2 Å². The largest absolute Gasteiger partial charge is 0.508 e. The van der Waals surface area contributed by atoms with Gasteiger partial charge in [-0.05, 0) is 12.1 Å². The Morgan fingerprint density at radius 2 is 1.11 bits per heavy atom. The van der Waals surface area contributed by atoms with E-state index in [9.17, 15) is 22.0 Å². The molecule has 1 N–H and O–H groups in total. The highest BCUT2D eigenvalue weighted by Crippen LogP contribution is 2.16. The van der Waals surface area contributed by atoms with Crippen molar-refractivity contribution in [2.45, 2.75) is 0 Å². The fourth-order valence-corrected chi connectivity index (χ4v) is 0.972. The van der Waals surface area contributed by atoms with Crippen molar-refractivity contribution in [1.29, 1.82) is 0 Å². The van der Waals surface area contributed by atoms with Crippen molar-refractivity contribution in [3.05, 3.63) is 65.5 Å². The number of rotatable bonds is 0. The first-order chi connectivity index (χ1) is 8.43. The minimum Gasteiger partial charge on any atom is -0.508 e. The maximum absolute atomic E-state index is 12.0. The van der Waals surface area contributed by atoms with E-state index in [1.165, 1.54) is 0 Å². The third kappa shape index (κ3) is 3.44. The molecule has 0 spiro atoms. The van der Waals surface area contributed by atoms with Crippen molar-refractivity contribution in [2.24, 2.45) is 0 Å². The number of hydrogen-bond acceptors (Lipinski definition) is 1. The summed E-state index contributed by atoms with van der Waals surface area (Å²) in [6, 6.07) is 8.65. The SMILES string of the molecule is Fc1cc(F)c(F)c(F)c1F.Oc1ccccc1. The average Bonchev–Trinajstić information content (AvgIpc) is 2.36. The molecule has 0 saturated heterocycles. The Morgan fingerprint density at radius 1 is 0.667 bits per heavy atom. The van der Waals surface area contributed by atoms with Crippen LogP contribution in [0.1, 0.15) is 0 Å². The molecular weight excluding hydrogens is 255 g/mol. The Kier molecular flexibility index (Phi) is 4.65. The first-order valence-corrected chi connectivity index (χ1v) is 4.66. The van der Waals surface area contributed by atoms with E-state index < -0.39 is 29.1 Å². The van der Waals surface area contributed by atoms with E-state index in [4.69, 9.17) is 5.11 Å². The molecule has 6 heteroatoms. The second kappa shape index (κ2) is 6.00. The summed E-state index contributed by atoms with van der Waals surface area (Å²) in [5.41, 5.74) is 0. The molecule has 0 atom stereocenters. The van der Waals surface area contributed by atoms with Crippen LogP contribution in [0.25, 0.3) is 0 Å². The van der Waals surface area contributed by atoms with Crippen LogP contribution in [0.4, 0.5) is 22.0 Å². The van der Waals surface area contributed by atoms with Crippen LogP contribution in [-0.2, 0) is 0 Å². The van der Waals surface area contributed by atoms with E-state index in [1.54, 1.807) is 24.3 Å². The summed E-state index contributed by atoms with van der Waals surface area (Å²) in [5.74, 6) is -9.33. The van der Waals surface area contributed by atoms with Gasteiger partial charge in [0.1, 0.15) is 5.75 Å². The molecule has 0 aromatic heterocycles. The van der Waals surface area contributed by atoms with Crippen LogP contribution in [0.2, 0.25) is 0 Å². The van der Waals surface area contributed by atoms with Gasteiger partial charge in [-0.15, -0.1) is 0 Å². The van der Waals surface area contributed by atoms with Gasteiger partial charge in [0.2, 0.25) is 5.82 Å². The van der Waals surface area contributed by atoms with E-state index >= 15 is 0 Å². The molecule has 1 nitrogen and oxygen atoms in total. The van der Waals surface area contributed by atoms with E-state index in [0.29, 0.717) is 5.75 Å². The highest BCUT2D eigenvalue weighted by Gasteiger charge is 2.18. The van der Waals surface area contributed by atoms with Crippen molar-refractivity contribution < 1.29 is 27.1 Å². The molecule has 0 saturated carbocycles. The normalized spacial score (nSPS) is 9.61. The maximum Gasteiger partial charge on any atom is 0.200 e. The third-order valence-electron chi connectivity index (χ3n) is 1.81. The molecule has 2 rings (SSSR count). The third-order valence-corrected chi connectivity index (χ3v) is 1.81. The summed E-state index contributed by atoms with van der Waals surface area (Å²) >= 11 is 0. The van der Waals surface area contributed by atoms with E-state index in [2.05, 4.69) is 0 Å². The van der Waals surface area contributed by atoms with E-state index in [1.807, 2.05) is 6.07 Å². The van der Waals surface area contributed by atoms with Gasteiger partial charge in [-0.25, -0.2) is 22.0 Å². The lowest BCUT2D eigenvalue weighted by Crippen LogP contribution is -1.98. The van der Waals surface area contributed by atoms with Crippen molar-refractivity contribution in [3.63, 3.8) is 0 Å². The summed E-state index contributed by atoms with van der Waals surface area (Å²) in [7, 11) is 0. The maximum atomic E-state index is 12.0. The number of hydrogen-bond donors (Lipinski definition) is 1. The zero-order chi connectivity index (χ0) is 13.7. The molecule has 0 amide bonds. The highest BCUT2D eigenvalue weighted by molar-refractivity contribution is 5.18. The van der Waals surface area contributed by atoms with Gasteiger partial charge < -0.3 is 5.11 Å². The Morgan fingerprint density at radius 3 is 1.44 bits per heavy atom. The molecule has 96 valence electrons. The van der Waals surface area contributed by atoms with E-state index in [0.717, 1.165) is 0 Å². The zero-order valence-corrected chi connectivity index (χ0v) is 8.80. The first-order valence-electron chi connectivity index (χ1n) is 4.66.